The third kappa shape index (κ3) is 17.5. The van der Waals surface area contributed by atoms with Gasteiger partial charge in [-0.05, 0) is 144 Å². The number of nitrogens with zero attached hydrogens (tertiary/aromatic N) is 25. The van der Waals surface area contributed by atoms with Crippen molar-refractivity contribution >= 4 is 72.7 Å². The first-order valence-electron chi connectivity index (χ1n) is 48.5. The molecule has 4 aromatic carbocycles. The molecule has 12 aromatic heterocycles. The van der Waals surface area contributed by atoms with Crippen molar-refractivity contribution in [1.82, 2.24) is 117 Å². The first-order valence-corrected chi connectivity index (χ1v) is 48.5. The fraction of sp³-hybridized carbons (Fsp3) is 0.387. The van der Waals surface area contributed by atoms with E-state index in [1.807, 2.05) is 143 Å². The number of fused-ring (bicyclic) bond motifs is 8. The quantitative estimate of drug-likeness (QED) is 0.0764. The van der Waals surface area contributed by atoms with Gasteiger partial charge in [-0.2, -0.15) is 20.4 Å². The van der Waals surface area contributed by atoms with E-state index >= 15 is 8.78 Å². The molecule has 0 aliphatic carbocycles. The van der Waals surface area contributed by atoms with E-state index in [9.17, 15) is 28.0 Å². The second-order valence-corrected chi connectivity index (χ2v) is 38.5. The standard InChI is InChI=1S/2C27H29FN6O2.C26H26F2N6O2.C26H25N7O2/c2*1-15-20(13-33(4)31-15)22-11-18-5-6-21(28)24(19(18)12-29-22)25-23-14-32(3)27(35)16(2)34(23)26(30-25)17-7-9-36-10-8-17;1-32-13-21-24(31-26(34(21)14-22(32)35)15-6-8-36-9-7-15)17-4-3-5-20-18(17)10-19(25(27)28)23(30-20)16-11-29-33(2)12-16;1-27-21-11-19-18(5-4-6-20(19)29-24(21)17-12-28-32(3)13-17)25-22-14-31(2)23(34)15-33(22)26(30-25)16-7-9-35-10-8-16/h2*5-6,11-13,16-17H,7-10,14H2,1-4H3;3-5,10-12,15,25H,6-9,13-14H2,1-2H3;4-6,11-13,16H,7-10,14-15H2,2-3H3. The van der Waals surface area contributed by atoms with Crippen LogP contribution in [0.2, 0.25) is 0 Å². The summed E-state index contributed by atoms with van der Waals surface area (Å²) in [6.07, 6.45) is 18.3. The summed E-state index contributed by atoms with van der Waals surface area (Å²) >= 11 is 0. The number of hydrogen-bond acceptors (Lipinski definition) is 20. The van der Waals surface area contributed by atoms with Crippen LogP contribution in [-0.2, 0) is 106 Å². The average Bonchev–Trinajstić information content (AvgIpc) is 1.64. The third-order valence-electron chi connectivity index (χ3n) is 29.2. The number of imidazole rings is 4. The summed E-state index contributed by atoms with van der Waals surface area (Å²) in [6.45, 7) is 23.1. The minimum atomic E-state index is -2.71. The van der Waals surface area contributed by atoms with Gasteiger partial charge in [-0.15, -0.1) is 0 Å². The van der Waals surface area contributed by atoms with Crippen molar-refractivity contribution in [3.05, 3.63) is 221 Å². The molecule has 8 aliphatic heterocycles. The largest absolute Gasteiger partial charge is 0.381 e. The van der Waals surface area contributed by atoms with Gasteiger partial charge in [-0.25, -0.2) is 47.3 Å². The number of ether oxygens (including phenoxy) is 4. The van der Waals surface area contributed by atoms with Gasteiger partial charge in [-0.3, -0.25) is 52.9 Å². The Balaban J connectivity index is 0.000000113. The van der Waals surface area contributed by atoms with Crippen LogP contribution >= 0.6 is 0 Å². The van der Waals surface area contributed by atoms with Gasteiger partial charge in [0, 0.05) is 236 Å². The molecule has 143 heavy (non-hydrogen) atoms. The van der Waals surface area contributed by atoms with Gasteiger partial charge >= 0.3 is 0 Å². The summed E-state index contributed by atoms with van der Waals surface area (Å²) < 4.78 is 97.0. The van der Waals surface area contributed by atoms with Crippen molar-refractivity contribution in [3.8, 4) is 90.1 Å². The molecule has 20 heterocycles. The van der Waals surface area contributed by atoms with Gasteiger partial charge < -0.3 is 56.8 Å². The Morgan fingerprint density at radius 2 is 0.783 bits per heavy atom. The average molecular weight is 1940 g/mol. The summed E-state index contributed by atoms with van der Waals surface area (Å²) in [5.41, 5.74) is 18.2. The zero-order valence-electron chi connectivity index (χ0n) is 81.8. The van der Waals surface area contributed by atoms with Crippen LogP contribution < -0.4 is 0 Å². The van der Waals surface area contributed by atoms with Crippen molar-refractivity contribution in [2.45, 2.75) is 161 Å². The van der Waals surface area contributed by atoms with E-state index in [4.69, 9.17) is 60.4 Å². The zero-order valence-corrected chi connectivity index (χ0v) is 81.8. The maximum absolute atomic E-state index is 15.6. The zero-order chi connectivity index (χ0) is 99.4. The Hall–Kier alpha value is -14.9. The van der Waals surface area contributed by atoms with Gasteiger partial charge in [0.25, 0.3) is 6.43 Å². The highest BCUT2D eigenvalue weighted by molar-refractivity contribution is 6.02. The van der Waals surface area contributed by atoms with Crippen LogP contribution in [0, 0.1) is 32.1 Å². The molecule has 0 spiro atoms. The number of benzene rings is 4. The summed E-state index contributed by atoms with van der Waals surface area (Å²) in [5, 5.41) is 21.9. The fourth-order valence-corrected chi connectivity index (χ4v) is 21.7. The molecular weight excluding hydrogens is 1830 g/mol. The summed E-state index contributed by atoms with van der Waals surface area (Å²) in [7, 11) is 14.5. The molecule has 4 fully saturated rings. The number of pyridine rings is 4. The van der Waals surface area contributed by atoms with Gasteiger partial charge in [0.2, 0.25) is 29.3 Å². The monoisotopic (exact) mass is 1940 g/mol. The lowest BCUT2D eigenvalue weighted by atomic mass is 9.98. The van der Waals surface area contributed by atoms with Crippen molar-refractivity contribution in [3.63, 3.8) is 0 Å². The molecule has 0 saturated carbocycles. The number of alkyl halides is 2. The topological polar surface area (TPSA) is 317 Å². The van der Waals surface area contributed by atoms with Crippen LogP contribution in [0.25, 0.3) is 138 Å². The molecule has 0 radical (unpaired) electrons. The third-order valence-corrected chi connectivity index (χ3v) is 29.2. The first kappa shape index (κ1) is 94.4. The van der Waals surface area contributed by atoms with Crippen LogP contribution in [0.15, 0.2) is 135 Å². The number of aromatic nitrogens is 20. The smallest absolute Gasteiger partial charge is 0.265 e. The molecule has 4 amide bonds. The number of likely N-dealkylation sites (N-methyl/N-ethyl adjacent to an activating group) is 4. The van der Waals surface area contributed by atoms with Crippen molar-refractivity contribution < 1.29 is 55.7 Å². The molecule has 24 rings (SSSR count). The van der Waals surface area contributed by atoms with Gasteiger partial charge in [0.05, 0.1) is 136 Å². The molecule has 2 atom stereocenters. The minimum absolute atomic E-state index is 0.0282. The lowest BCUT2D eigenvalue weighted by Gasteiger charge is -2.32. The number of rotatable bonds is 13. The van der Waals surface area contributed by atoms with E-state index < -0.39 is 18.5 Å². The summed E-state index contributed by atoms with van der Waals surface area (Å²) in [6, 6.07) is 24.7. The predicted molar refractivity (Wildman–Crippen MR) is 528 cm³/mol. The highest BCUT2D eigenvalue weighted by Gasteiger charge is 2.42. The van der Waals surface area contributed by atoms with Gasteiger partial charge in [-0.1, -0.05) is 36.4 Å². The normalized spacial score (nSPS) is 17.7. The highest BCUT2D eigenvalue weighted by atomic mass is 19.3. The van der Waals surface area contributed by atoms with Crippen LogP contribution in [0.3, 0.4) is 0 Å². The summed E-state index contributed by atoms with van der Waals surface area (Å²) in [5.74, 6) is 3.82. The Labute approximate surface area is 821 Å². The lowest BCUT2D eigenvalue weighted by Crippen LogP contribution is -2.40. The predicted octanol–water partition coefficient (Wildman–Crippen LogP) is 17.0. The maximum Gasteiger partial charge on any atom is 0.265 e. The molecule has 8 aliphatic rings. The Bertz CT molecular complexity index is 7550. The SMILES string of the molecule is CN1Cc2c(-c3cccc4nc(-c5cnn(C)c5)c(C(F)F)cc34)nc(C3CCOCC3)n2CC1=O.Cc1nn(C)cc1-c1cc2ccc(F)c(-c3nc(C4CCOCC4)n4c3CN(C)C(=O)C4C)c2cn1.Cc1nn(C)cc1-c1cc2ccc(F)c(-c3nc(C4CCOCC4)n4c3CN(C)C(=O)C4C)c2cn1.[C-]#[N+]c1cc2c(-c3nc(C4CCOCC4)n4c3CN(C)C(=O)C4)cccc2nc1-c1cnn(C)c1. The van der Waals surface area contributed by atoms with E-state index in [1.165, 1.54) is 18.2 Å². The van der Waals surface area contributed by atoms with E-state index in [0.29, 0.717) is 147 Å². The number of carbonyl (C=O) groups excluding carboxylic acids is 4. The van der Waals surface area contributed by atoms with E-state index in [2.05, 4.69) is 34.8 Å². The van der Waals surface area contributed by atoms with Crippen molar-refractivity contribution in [2.24, 2.45) is 28.2 Å². The molecule has 33 nitrogen and oxygen atoms in total. The number of hydrogen-bond donors (Lipinski definition) is 0. The van der Waals surface area contributed by atoms with Gasteiger partial charge in [0.1, 0.15) is 60.1 Å². The molecule has 2 unspecified atom stereocenters. The first-order chi connectivity index (χ1) is 69.1. The lowest BCUT2D eigenvalue weighted by molar-refractivity contribution is -0.136. The number of halogens is 4. The second-order valence-electron chi connectivity index (χ2n) is 38.5. The van der Waals surface area contributed by atoms with Gasteiger partial charge in [0.15, 0.2) is 0 Å². The molecule has 37 heteroatoms. The van der Waals surface area contributed by atoms with Crippen molar-refractivity contribution in [1.29, 1.82) is 0 Å². The maximum atomic E-state index is 15.6. The molecule has 4 saturated heterocycles. The van der Waals surface area contributed by atoms with E-state index in [-0.39, 0.29) is 76.7 Å². The second kappa shape index (κ2) is 38.5. The molecule has 734 valence electrons. The summed E-state index contributed by atoms with van der Waals surface area (Å²) in [4.78, 5) is 101. The fourth-order valence-electron chi connectivity index (χ4n) is 21.7. The highest BCUT2D eigenvalue weighted by Crippen LogP contribution is 2.48. The van der Waals surface area contributed by atoms with Crippen molar-refractivity contribution in [2.75, 3.05) is 81.0 Å². The van der Waals surface area contributed by atoms with Crippen LogP contribution in [0.1, 0.15) is 170 Å². The molecule has 16 aromatic rings. The Kier molecular flexibility index (Phi) is 25.4. The Morgan fingerprint density at radius 3 is 1.17 bits per heavy atom. The molecular formula is C106H109F4N25O8. The number of carbonyl (C=O) groups is 4. The minimum Gasteiger partial charge on any atom is -0.381 e. The number of aryl methyl sites for hydroxylation is 6. The number of amides is 4. The Morgan fingerprint density at radius 1 is 0.399 bits per heavy atom. The molecule has 0 bridgehead atoms. The van der Waals surface area contributed by atoms with Crippen LogP contribution in [0.4, 0.5) is 23.2 Å². The molecule has 0 N–H and O–H groups in total. The van der Waals surface area contributed by atoms with E-state index in [0.717, 1.165) is 181 Å². The van der Waals surface area contributed by atoms with E-state index in [1.54, 1.807) is 110 Å². The van der Waals surface area contributed by atoms with Crippen LogP contribution in [-0.4, -0.2) is 222 Å². The van der Waals surface area contributed by atoms with Crippen LogP contribution in [0.5, 0.6) is 0 Å².